The summed E-state index contributed by atoms with van der Waals surface area (Å²) in [6.45, 7) is 6.96. The van der Waals surface area contributed by atoms with Gasteiger partial charge in [0.05, 0.1) is 29.5 Å². The van der Waals surface area contributed by atoms with Crippen molar-refractivity contribution in [3.8, 4) is 0 Å². The minimum atomic E-state index is -3.73. The van der Waals surface area contributed by atoms with Crippen molar-refractivity contribution in [3.63, 3.8) is 0 Å². The Balaban J connectivity index is 1.29. The van der Waals surface area contributed by atoms with Crippen LogP contribution in [0, 0.1) is 5.92 Å². The molecule has 0 aliphatic carbocycles. The Labute approximate surface area is 193 Å². The van der Waals surface area contributed by atoms with Crippen LogP contribution < -0.4 is 0 Å². The third kappa shape index (κ3) is 4.16. The second kappa shape index (κ2) is 8.61. The lowest BCUT2D eigenvalue weighted by molar-refractivity contribution is -0.188. The number of hydrogen-bond donors (Lipinski definition) is 0. The molecule has 33 heavy (non-hydrogen) atoms. The average molecular weight is 478 g/mol. The summed E-state index contributed by atoms with van der Waals surface area (Å²) < 4.78 is 41.5. The minimum absolute atomic E-state index is 0.0260. The van der Waals surface area contributed by atoms with Crippen LogP contribution in [0.25, 0.3) is 11.0 Å². The van der Waals surface area contributed by atoms with Gasteiger partial charge in [0.1, 0.15) is 5.52 Å². The number of carbonyl (C=O) groups excluding carboxylic acids is 1. The number of aromatic nitrogens is 3. The van der Waals surface area contributed by atoms with E-state index in [1.54, 1.807) is 22.9 Å². The van der Waals surface area contributed by atoms with Crippen LogP contribution in [-0.4, -0.2) is 83.7 Å². The standard InChI is InChI=1S/C22H31N5O5S/c1-16(2)27-20-6-5-18(14-19(20)23-24-27)33(29,30)26-9-3-4-17(15-26)21(28)25-10-7-22(8-11-25)31-12-13-32-22/h5-6,14,16-17H,3-4,7-13,15H2,1-2H3/t17-/m1/s1. The smallest absolute Gasteiger partial charge is 0.243 e. The van der Waals surface area contributed by atoms with E-state index >= 15 is 0 Å². The molecular weight excluding hydrogens is 446 g/mol. The van der Waals surface area contributed by atoms with E-state index in [9.17, 15) is 13.2 Å². The number of hydrogen-bond acceptors (Lipinski definition) is 7. The molecule has 3 aliphatic rings. The SMILES string of the molecule is CC(C)n1nnc2cc(S(=O)(=O)N3CCC[C@@H](C(=O)N4CCC5(CC4)OCCO5)C3)ccc21. The number of amides is 1. The van der Waals surface area contributed by atoms with Gasteiger partial charge in [-0.15, -0.1) is 5.10 Å². The van der Waals surface area contributed by atoms with Crippen molar-refractivity contribution in [3.05, 3.63) is 18.2 Å². The zero-order valence-corrected chi connectivity index (χ0v) is 20.0. The van der Waals surface area contributed by atoms with Crippen LogP contribution in [0.2, 0.25) is 0 Å². The van der Waals surface area contributed by atoms with Gasteiger partial charge < -0.3 is 14.4 Å². The Morgan fingerprint density at radius 1 is 1.15 bits per heavy atom. The van der Waals surface area contributed by atoms with Crippen molar-refractivity contribution in [2.24, 2.45) is 5.92 Å². The highest BCUT2D eigenvalue weighted by Crippen LogP contribution is 2.33. The van der Waals surface area contributed by atoms with Crippen LogP contribution in [0.5, 0.6) is 0 Å². The van der Waals surface area contributed by atoms with E-state index in [0.717, 1.165) is 5.52 Å². The van der Waals surface area contributed by atoms with Crippen LogP contribution in [0.15, 0.2) is 23.1 Å². The molecule has 1 aromatic heterocycles. The fraction of sp³-hybridized carbons (Fsp3) is 0.682. The minimum Gasteiger partial charge on any atom is -0.347 e. The first kappa shape index (κ1) is 22.7. The normalized spacial score (nSPS) is 24.2. The number of sulfonamides is 1. The molecule has 11 heteroatoms. The first-order valence-corrected chi connectivity index (χ1v) is 13.1. The zero-order valence-electron chi connectivity index (χ0n) is 19.1. The van der Waals surface area contributed by atoms with Gasteiger partial charge >= 0.3 is 0 Å². The monoisotopic (exact) mass is 477 g/mol. The predicted octanol–water partition coefficient (Wildman–Crippen LogP) is 1.78. The molecule has 0 N–H and O–H groups in total. The van der Waals surface area contributed by atoms with Crippen molar-refractivity contribution >= 4 is 27.0 Å². The summed E-state index contributed by atoms with van der Waals surface area (Å²) in [6.07, 6.45) is 2.67. The molecule has 0 radical (unpaired) electrons. The van der Waals surface area contributed by atoms with Gasteiger partial charge in [-0.2, -0.15) is 4.31 Å². The molecule has 5 rings (SSSR count). The number of benzene rings is 1. The summed E-state index contributed by atoms with van der Waals surface area (Å²) in [5.41, 5.74) is 1.35. The van der Waals surface area contributed by atoms with Gasteiger partial charge in [-0.05, 0) is 44.9 Å². The van der Waals surface area contributed by atoms with Crippen LogP contribution in [-0.2, 0) is 24.3 Å². The maximum atomic E-state index is 13.4. The highest BCUT2D eigenvalue weighted by Gasteiger charge is 2.42. The van der Waals surface area contributed by atoms with Gasteiger partial charge in [0, 0.05) is 45.1 Å². The van der Waals surface area contributed by atoms with Gasteiger partial charge in [-0.1, -0.05) is 5.21 Å². The highest BCUT2D eigenvalue weighted by atomic mass is 32.2. The van der Waals surface area contributed by atoms with Crippen LogP contribution in [0.1, 0.15) is 45.6 Å². The molecule has 0 bridgehead atoms. The fourth-order valence-corrected chi connectivity index (χ4v) is 6.63. The second-order valence-electron chi connectivity index (χ2n) is 9.41. The summed E-state index contributed by atoms with van der Waals surface area (Å²) in [5.74, 6) is -0.842. The highest BCUT2D eigenvalue weighted by molar-refractivity contribution is 7.89. The largest absolute Gasteiger partial charge is 0.347 e. The molecule has 1 spiro atoms. The topological polar surface area (TPSA) is 107 Å². The number of likely N-dealkylation sites (tertiary alicyclic amines) is 1. The van der Waals surface area contributed by atoms with E-state index < -0.39 is 15.8 Å². The first-order chi connectivity index (χ1) is 15.8. The van der Waals surface area contributed by atoms with Gasteiger partial charge in [0.2, 0.25) is 15.9 Å². The van der Waals surface area contributed by atoms with E-state index in [2.05, 4.69) is 10.3 Å². The van der Waals surface area contributed by atoms with Gasteiger partial charge in [0.15, 0.2) is 5.79 Å². The molecule has 1 atom stereocenters. The molecule has 0 unspecified atom stereocenters. The summed E-state index contributed by atoms with van der Waals surface area (Å²) >= 11 is 0. The van der Waals surface area contributed by atoms with E-state index in [-0.39, 0.29) is 29.3 Å². The fourth-order valence-electron chi connectivity index (χ4n) is 5.09. The zero-order chi connectivity index (χ0) is 23.2. The molecule has 180 valence electrons. The first-order valence-electron chi connectivity index (χ1n) is 11.7. The van der Waals surface area contributed by atoms with Crippen LogP contribution in [0.4, 0.5) is 0 Å². The molecule has 1 aromatic carbocycles. The number of piperidine rings is 2. The van der Waals surface area contributed by atoms with Crippen molar-refractivity contribution in [1.29, 1.82) is 0 Å². The average Bonchev–Trinajstić information content (AvgIpc) is 3.46. The number of rotatable bonds is 4. The lowest BCUT2D eigenvalue weighted by atomic mass is 9.96. The molecule has 4 heterocycles. The maximum absolute atomic E-state index is 13.4. The summed E-state index contributed by atoms with van der Waals surface area (Å²) in [5, 5.41) is 8.28. The third-order valence-corrected chi connectivity index (χ3v) is 8.81. The van der Waals surface area contributed by atoms with Crippen LogP contribution >= 0.6 is 0 Å². The third-order valence-electron chi connectivity index (χ3n) is 6.95. The second-order valence-corrected chi connectivity index (χ2v) is 11.4. The number of fused-ring (bicyclic) bond motifs is 1. The Bertz CT molecular complexity index is 1130. The van der Waals surface area contributed by atoms with Crippen LogP contribution in [0.3, 0.4) is 0 Å². The molecular formula is C22H31N5O5S. The van der Waals surface area contributed by atoms with Gasteiger partial charge in [0.25, 0.3) is 0 Å². The summed E-state index contributed by atoms with van der Waals surface area (Å²) in [4.78, 5) is 15.2. The van der Waals surface area contributed by atoms with Gasteiger partial charge in [-0.3, -0.25) is 4.79 Å². The molecule has 2 aromatic rings. The van der Waals surface area contributed by atoms with Crippen molar-refractivity contribution in [2.45, 2.75) is 56.3 Å². The number of carbonyl (C=O) groups is 1. The molecule has 3 saturated heterocycles. The molecule has 1 amide bonds. The van der Waals surface area contributed by atoms with E-state index in [1.807, 2.05) is 18.7 Å². The number of nitrogens with zero attached hydrogens (tertiary/aromatic N) is 5. The van der Waals surface area contributed by atoms with E-state index in [0.29, 0.717) is 64.0 Å². The number of ether oxygens (including phenoxy) is 2. The Morgan fingerprint density at radius 2 is 1.88 bits per heavy atom. The lowest BCUT2D eigenvalue weighted by Gasteiger charge is -2.40. The van der Waals surface area contributed by atoms with Crippen molar-refractivity contribution in [1.82, 2.24) is 24.2 Å². The van der Waals surface area contributed by atoms with Crippen molar-refractivity contribution in [2.75, 3.05) is 39.4 Å². The molecule has 3 fully saturated rings. The Kier molecular flexibility index (Phi) is 5.92. The quantitative estimate of drug-likeness (QED) is 0.661. The summed E-state index contributed by atoms with van der Waals surface area (Å²) in [7, 11) is -3.73. The Hall–Kier alpha value is -2.08. The van der Waals surface area contributed by atoms with Gasteiger partial charge in [-0.25, -0.2) is 13.1 Å². The van der Waals surface area contributed by atoms with Crippen molar-refractivity contribution < 1.29 is 22.7 Å². The molecule has 0 saturated carbocycles. The lowest BCUT2D eigenvalue weighted by Crippen LogP contribution is -2.51. The molecule has 3 aliphatic heterocycles. The molecule has 10 nitrogen and oxygen atoms in total. The van der Waals surface area contributed by atoms with E-state index in [1.165, 1.54) is 4.31 Å². The summed E-state index contributed by atoms with van der Waals surface area (Å²) in [6, 6.07) is 5.07. The maximum Gasteiger partial charge on any atom is 0.243 e. The van der Waals surface area contributed by atoms with E-state index in [4.69, 9.17) is 9.47 Å². The predicted molar refractivity (Wildman–Crippen MR) is 120 cm³/mol. The Morgan fingerprint density at radius 3 is 2.58 bits per heavy atom.